The van der Waals surface area contributed by atoms with Gasteiger partial charge in [0.25, 0.3) is 0 Å². The van der Waals surface area contributed by atoms with Gasteiger partial charge in [-0.3, -0.25) is 4.79 Å². The van der Waals surface area contributed by atoms with Crippen molar-refractivity contribution in [2.24, 2.45) is 5.92 Å². The number of carbonyl (C=O) groups excluding carboxylic acids is 1. The molecule has 0 saturated heterocycles. The molecule has 1 aromatic carbocycles. The molecule has 1 aromatic rings. The van der Waals surface area contributed by atoms with Gasteiger partial charge in [0.2, 0.25) is 5.91 Å². The Hall–Kier alpha value is -1.51. The molecule has 0 aliphatic heterocycles. The topological polar surface area (TPSA) is 55.1 Å². The summed E-state index contributed by atoms with van der Waals surface area (Å²) in [7, 11) is 0. The van der Waals surface area contributed by atoms with Crippen molar-refractivity contribution in [3.63, 3.8) is 0 Å². The summed E-state index contributed by atoms with van der Waals surface area (Å²) >= 11 is 0. The zero-order valence-electron chi connectivity index (χ0n) is 9.62. The lowest BCUT2D eigenvalue weighted by atomic mass is 10.1. The Morgan fingerprint density at radius 3 is 3.00 bits per heavy atom. The molecule has 0 radical (unpaired) electrons. The average molecular weight is 218 g/mol. The Balaban J connectivity index is 1.95. The first kappa shape index (κ1) is 11.0. The van der Waals surface area contributed by atoms with Crippen molar-refractivity contribution in [2.75, 3.05) is 12.3 Å². The normalized spacial score (nSPS) is 18.2. The van der Waals surface area contributed by atoms with E-state index in [0.717, 1.165) is 25.1 Å². The van der Waals surface area contributed by atoms with E-state index < -0.39 is 0 Å². The van der Waals surface area contributed by atoms with E-state index >= 15 is 0 Å². The van der Waals surface area contributed by atoms with Gasteiger partial charge in [-0.15, -0.1) is 0 Å². The molecule has 0 heterocycles. The number of fused-ring (bicyclic) bond motifs is 1. The molecule has 16 heavy (non-hydrogen) atoms. The Kier molecular flexibility index (Phi) is 3.13. The van der Waals surface area contributed by atoms with Gasteiger partial charge in [-0.2, -0.15) is 0 Å². The molecular weight excluding hydrogens is 200 g/mol. The van der Waals surface area contributed by atoms with Crippen LogP contribution < -0.4 is 11.1 Å². The third kappa shape index (κ3) is 2.18. The van der Waals surface area contributed by atoms with Crippen LogP contribution in [-0.2, 0) is 17.6 Å². The maximum absolute atomic E-state index is 11.2. The molecule has 1 atom stereocenters. The highest BCUT2D eigenvalue weighted by Gasteiger charge is 2.22. The van der Waals surface area contributed by atoms with Gasteiger partial charge in [0.15, 0.2) is 0 Å². The number of benzene rings is 1. The first-order chi connectivity index (χ1) is 7.70. The predicted molar refractivity (Wildman–Crippen MR) is 65.1 cm³/mol. The highest BCUT2D eigenvalue weighted by molar-refractivity contribution is 5.75. The quantitative estimate of drug-likeness (QED) is 0.756. The van der Waals surface area contributed by atoms with Gasteiger partial charge in [0, 0.05) is 18.7 Å². The summed E-state index contributed by atoms with van der Waals surface area (Å²) in [5.74, 6) is 0.638. The molecule has 0 fully saturated rings. The molecule has 1 amide bonds. The van der Waals surface area contributed by atoms with E-state index in [4.69, 9.17) is 5.73 Å². The molecule has 86 valence electrons. The van der Waals surface area contributed by atoms with Crippen LogP contribution in [0.5, 0.6) is 0 Å². The number of nitrogen functional groups attached to an aromatic ring is 1. The van der Waals surface area contributed by atoms with Gasteiger partial charge >= 0.3 is 0 Å². The second-order valence-corrected chi connectivity index (χ2v) is 4.42. The van der Waals surface area contributed by atoms with Crippen LogP contribution in [-0.4, -0.2) is 12.5 Å². The third-order valence-electron chi connectivity index (χ3n) is 3.22. The summed E-state index contributed by atoms with van der Waals surface area (Å²) in [6.45, 7) is 2.64. The lowest BCUT2D eigenvalue weighted by Crippen LogP contribution is -2.28. The smallest absolute Gasteiger partial charge is 0.219 e. The predicted octanol–water partition coefficient (Wildman–Crippen LogP) is 1.51. The van der Waals surface area contributed by atoms with E-state index in [1.807, 2.05) is 19.1 Å². The summed E-state index contributed by atoms with van der Waals surface area (Å²) < 4.78 is 0. The highest BCUT2D eigenvalue weighted by Crippen LogP contribution is 2.30. The van der Waals surface area contributed by atoms with Gasteiger partial charge in [0.1, 0.15) is 0 Å². The van der Waals surface area contributed by atoms with Crippen LogP contribution in [0.1, 0.15) is 24.5 Å². The summed E-state index contributed by atoms with van der Waals surface area (Å²) in [4.78, 5) is 11.2. The minimum Gasteiger partial charge on any atom is -0.398 e. The van der Waals surface area contributed by atoms with Gasteiger partial charge in [-0.25, -0.2) is 0 Å². The Morgan fingerprint density at radius 2 is 2.31 bits per heavy atom. The second-order valence-electron chi connectivity index (χ2n) is 4.42. The van der Waals surface area contributed by atoms with E-state index in [1.165, 1.54) is 11.1 Å². The maximum atomic E-state index is 11.2. The summed E-state index contributed by atoms with van der Waals surface area (Å²) in [6.07, 6.45) is 2.58. The minimum atomic E-state index is 0.129. The number of hydrogen-bond donors (Lipinski definition) is 2. The molecule has 1 unspecified atom stereocenters. The van der Waals surface area contributed by atoms with Crippen LogP contribution in [0.15, 0.2) is 18.2 Å². The molecule has 1 aliphatic rings. The van der Waals surface area contributed by atoms with E-state index in [-0.39, 0.29) is 5.91 Å². The number of rotatable bonds is 3. The van der Waals surface area contributed by atoms with Crippen molar-refractivity contribution in [1.82, 2.24) is 5.32 Å². The molecule has 3 heteroatoms. The van der Waals surface area contributed by atoms with Crippen LogP contribution in [0.4, 0.5) is 5.69 Å². The van der Waals surface area contributed by atoms with E-state index in [2.05, 4.69) is 11.4 Å². The summed E-state index contributed by atoms with van der Waals surface area (Å²) in [5, 5.41) is 2.95. The zero-order chi connectivity index (χ0) is 11.5. The van der Waals surface area contributed by atoms with Crippen molar-refractivity contribution in [3.8, 4) is 0 Å². The molecule has 2 rings (SSSR count). The number of nitrogens with one attached hydrogen (secondary N) is 1. The first-order valence-corrected chi connectivity index (χ1v) is 5.83. The van der Waals surface area contributed by atoms with Crippen LogP contribution >= 0.6 is 0 Å². The van der Waals surface area contributed by atoms with Gasteiger partial charge in [-0.1, -0.05) is 19.1 Å². The maximum Gasteiger partial charge on any atom is 0.219 e. The Morgan fingerprint density at radius 1 is 1.50 bits per heavy atom. The van der Waals surface area contributed by atoms with Crippen molar-refractivity contribution >= 4 is 11.6 Å². The molecule has 0 aromatic heterocycles. The minimum absolute atomic E-state index is 0.129. The Labute approximate surface area is 96.0 Å². The number of anilines is 1. The molecule has 3 nitrogen and oxygen atoms in total. The largest absolute Gasteiger partial charge is 0.398 e. The zero-order valence-corrected chi connectivity index (χ0v) is 9.62. The SMILES string of the molecule is CCC(=O)NCC1Cc2cccc(N)c2C1. The fourth-order valence-corrected chi connectivity index (χ4v) is 2.29. The second kappa shape index (κ2) is 4.56. The average Bonchev–Trinajstić information content (AvgIpc) is 2.70. The van der Waals surface area contributed by atoms with Gasteiger partial charge in [-0.05, 0) is 36.0 Å². The standard InChI is InChI=1S/C13H18N2O/c1-2-13(16)15-8-9-6-10-4-3-5-12(14)11(10)7-9/h3-5,9H,2,6-8,14H2,1H3,(H,15,16). The summed E-state index contributed by atoms with van der Waals surface area (Å²) in [5.41, 5.74) is 9.44. The first-order valence-electron chi connectivity index (χ1n) is 5.83. The lowest BCUT2D eigenvalue weighted by molar-refractivity contribution is -0.120. The van der Waals surface area contributed by atoms with Crippen molar-refractivity contribution in [3.05, 3.63) is 29.3 Å². The molecule has 0 bridgehead atoms. The number of amides is 1. The Bertz CT molecular complexity index is 401. The summed E-state index contributed by atoms with van der Waals surface area (Å²) in [6, 6.07) is 6.08. The number of hydrogen-bond acceptors (Lipinski definition) is 2. The van der Waals surface area contributed by atoms with Gasteiger partial charge in [0.05, 0.1) is 0 Å². The van der Waals surface area contributed by atoms with Crippen LogP contribution in [0.25, 0.3) is 0 Å². The van der Waals surface area contributed by atoms with Gasteiger partial charge < -0.3 is 11.1 Å². The van der Waals surface area contributed by atoms with E-state index in [0.29, 0.717) is 12.3 Å². The fourth-order valence-electron chi connectivity index (χ4n) is 2.29. The third-order valence-corrected chi connectivity index (χ3v) is 3.22. The fraction of sp³-hybridized carbons (Fsp3) is 0.462. The monoisotopic (exact) mass is 218 g/mol. The molecule has 0 saturated carbocycles. The number of nitrogens with two attached hydrogens (primary N) is 1. The molecule has 3 N–H and O–H groups in total. The van der Waals surface area contributed by atoms with E-state index in [1.54, 1.807) is 0 Å². The van der Waals surface area contributed by atoms with Crippen molar-refractivity contribution in [1.29, 1.82) is 0 Å². The molecular formula is C13H18N2O. The van der Waals surface area contributed by atoms with Crippen LogP contribution in [0, 0.1) is 5.92 Å². The van der Waals surface area contributed by atoms with Crippen molar-refractivity contribution in [2.45, 2.75) is 26.2 Å². The molecule has 1 aliphatic carbocycles. The van der Waals surface area contributed by atoms with E-state index in [9.17, 15) is 4.79 Å². The van der Waals surface area contributed by atoms with Crippen molar-refractivity contribution < 1.29 is 4.79 Å². The number of carbonyl (C=O) groups is 1. The highest BCUT2D eigenvalue weighted by atomic mass is 16.1. The van der Waals surface area contributed by atoms with Crippen LogP contribution in [0.2, 0.25) is 0 Å². The molecule has 0 spiro atoms. The lowest BCUT2D eigenvalue weighted by Gasteiger charge is -2.09. The van der Waals surface area contributed by atoms with Crippen LogP contribution in [0.3, 0.4) is 0 Å².